The van der Waals surface area contributed by atoms with Crippen LogP contribution in [-0.4, -0.2) is 69.5 Å². The number of fused-ring (bicyclic) bond motifs is 1. The number of carbonyl (C=O) groups is 2. The molecule has 172 valence electrons. The van der Waals surface area contributed by atoms with E-state index in [1.807, 2.05) is 12.1 Å². The number of hydrogen-bond acceptors (Lipinski definition) is 6. The lowest BCUT2D eigenvalue weighted by atomic mass is 10.0. The first-order valence-electron chi connectivity index (χ1n) is 10.8. The summed E-state index contributed by atoms with van der Waals surface area (Å²) >= 11 is 0. The van der Waals surface area contributed by atoms with Crippen molar-refractivity contribution in [3.05, 3.63) is 75.7 Å². The predicted octanol–water partition coefficient (Wildman–Crippen LogP) is 0.831. The largest absolute Gasteiger partial charge is 0.392 e. The van der Waals surface area contributed by atoms with Gasteiger partial charge < -0.3 is 20.7 Å². The van der Waals surface area contributed by atoms with Crippen LogP contribution < -0.4 is 11.3 Å². The van der Waals surface area contributed by atoms with E-state index in [0.717, 1.165) is 17.7 Å². The van der Waals surface area contributed by atoms with E-state index in [1.54, 1.807) is 42.3 Å². The van der Waals surface area contributed by atoms with Gasteiger partial charge in [0, 0.05) is 32.2 Å². The molecule has 1 saturated heterocycles. The zero-order chi connectivity index (χ0) is 23.5. The number of benzene rings is 2. The first-order valence-corrected chi connectivity index (χ1v) is 10.8. The van der Waals surface area contributed by atoms with Crippen molar-refractivity contribution in [3.8, 4) is 0 Å². The summed E-state index contributed by atoms with van der Waals surface area (Å²) in [6.45, 7) is 1.80. The second-order valence-corrected chi connectivity index (χ2v) is 8.49. The topological polar surface area (TPSA) is 133 Å². The molecule has 0 radical (unpaired) electrons. The van der Waals surface area contributed by atoms with Gasteiger partial charge in [0.1, 0.15) is 0 Å². The highest BCUT2D eigenvalue weighted by Gasteiger charge is 2.28. The van der Waals surface area contributed by atoms with Crippen LogP contribution in [0.5, 0.6) is 0 Å². The SMILES string of the molecule is CN(C(=O)Cc1ccc2ncc(=O)[nH]c2c1)[C@H](CN1CC[C@H](O)C1)c1cccc(C(N)=O)c1. The van der Waals surface area contributed by atoms with Crippen molar-refractivity contribution in [2.45, 2.75) is 25.0 Å². The van der Waals surface area contributed by atoms with E-state index >= 15 is 0 Å². The van der Waals surface area contributed by atoms with E-state index in [9.17, 15) is 19.5 Å². The Kier molecular flexibility index (Phi) is 6.52. The van der Waals surface area contributed by atoms with Crippen LogP contribution in [0.15, 0.2) is 53.5 Å². The third-order valence-electron chi connectivity index (χ3n) is 6.09. The Bertz CT molecular complexity index is 1240. The fourth-order valence-electron chi connectivity index (χ4n) is 4.25. The molecule has 0 unspecified atom stereocenters. The van der Waals surface area contributed by atoms with E-state index in [-0.39, 0.29) is 30.0 Å². The molecule has 1 aliphatic heterocycles. The number of aliphatic hydroxyl groups is 1. The number of likely N-dealkylation sites (N-methyl/N-ethyl adjacent to an activating group) is 1. The fourth-order valence-corrected chi connectivity index (χ4v) is 4.25. The van der Waals surface area contributed by atoms with Crippen molar-refractivity contribution >= 4 is 22.8 Å². The van der Waals surface area contributed by atoms with Gasteiger partial charge in [-0.15, -0.1) is 0 Å². The lowest BCUT2D eigenvalue weighted by Crippen LogP contribution is -2.39. The Balaban J connectivity index is 1.58. The van der Waals surface area contributed by atoms with Crippen LogP contribution in [0.3, 0.4) is 0 Å². The first-order chi connectivity index (χ1) is 15.8. The van der Waals surface area contributed by atoms with Crippen LogP contribution >= 0.6 is 0 Å². The number of hydrogen-bond donors (Lipinski definition) is 3. The highest BCUT2D eigenvalue weighted by molar-refractivity contribution is 5.93. The zero-order valence-corrected chi connectivity index (χ0v) is 18.4. The average Bonchev–Trinajstić information content (AvgIpc) is 3.21. The minimum Gasteiger partial charge on any atom is -0.392 e. The Morgan fingerprint density at radius 3 is 2.85 bits per heavy atom. The van der Waals surface area contributed by atoms with Crippen LogP contribution in [-0.2, 0) is 11.2 Å². The average molecular weight is 450 g/mol. The molecule has 9 nitrogen and oxygen atoms in total. The molecule has 4 N–H and O–H groups in total. The van der Waals surface area contributed by atoms with E-state index in [1.165, 1.54) is 6.20 Å². The van der Waals surface area contributed by atoms with Crippen molar-refractivity contribution in [2.24, 2.45) is 5.73 Å². The van der Waals surface area contributed by atoms with Gasteiger partial charge in [0.05, 0.1) is 35.8 Å². The third kappa shape index (κ3) is 5.27. The number of rotatable bonds is 7. The van der Waals surface area contributed by atoms with Gasteiger partial charge in [-0.05, 0) is 41.8 Å². The van der Waals surface area contributed by atoms with E-state index < -0.39 is 5.91 Å². The van der Waals surface area contributed by atoms with Gasteiger partial charge in [0.2, 0.25) is 11.8 Å². The number of carbonyl (C=O) groups excluding carboxylic acids is 2. The Hall–Kier alpha value is -3.56. The number of aromatic nitrogens is 2. The van der Waals surface area contributed by atoms with Gasteiger partial charge in [-0.2, -0.15) is 0 Å². The summed E-state index contributed by atoms with van der Waals surface area (Å²) in [5.74, 6) is -0.644. The molecule has 2 aromatic carbocycles. The highest BCUT2D eigenvalue weighted by atomic mass is 16.3. The van der Waals surface area contributed by atoms with Crippen molar-refractivity contribution in [2.75, 3.05) is 26.7 Å². The fraction of sp³-hybridized carbons (Fsp3) is 0.333. The van der Waals surface area contributed by atoms with Gasteiger partial charge in [0.25, 0.3) is 5.56 Å². The third-order valence-corrected chi connectivity index (χ3v) is 6.09. The van der Waals surface area contributed by atoms with Gasteiger partial charge in [-0.25, -0.2) is 4.98 Å². The standard InChI is InChI=1S/C24H27N5O4/c1-28(23(32)10-15-5-6-19-20(9-15)27-22(31)12-26-19)21(14-29-8-7-18(30)13-29)16-3-2-4-17(11-16)24(25)33/h2-6,9,11-12,18,21,30H,7-8,10,13-14H2,1H3,(H2,25,33)(H,27,31)/t18-,21+/m0/s1. The summed E-state index contributed by atoms with van der Waals surface area (Å²) in [5.41, 5.74) is 8.32. The molecule has 2 amide bonds. The van der Waals surface area contributed by atoms with Crippen LogP contribution in [0.2, 0.25) is 0 Å². The number of β-amino-alcohol motifs (C(OH)–C–C–N with tert-alkyl or cyclic N) is 1. The number of nitrogens with two attached hydrogens (primary N) is 1. The summed E-state index contributed by atoms with van der Waals surface area (Å²) < 4.78 is 0. The van der Waals surface area contributed by atoms with Crippen LogP contribution in [0.4, 0.5) is 0 Å². The molecule has 0 bridgehead atoms. The lowest BCUT2D eigenvalue weighted by molar-refractivity contribution is -0.131. The van der Waals surface area contributed by atoms with Gasteiger partial charge in [0.15, 0.2) is 0 Å². The van der Waals surface area contributed by atoms with E-state index in [2.05, 4.69) is 14.9 Å². The van der Waals surface area contributed by atoms with Crippen molar-refractivity contribution in [1.82, 2.24) is 19.8 Å². The van der Waals surface area contributed by atoms with Gasteiger partial charge >= 0.3 is 0 Å². The number of primary amides is 1. The van der Waals surface area contributed by atoms with Gasteiger partial charge in [-0.1, -0.05) is 18.2 Å². The van der Waals surface area contributed by atoms with Crippen LogP contribution in [0.1, 0.15) is 33.9 Å². The van der Waals surface area contributed by atoms with E-state index in [4.69, 9.17) is 5.73 Å². The van der Waals surface area contributed by atoms with Crippen molar-refractivity contribution in [1.29, 1.82) is 0 Å². The molecule has 1 aliphatic rings. The second kappa shape index (κ2) is 9.51. The minimum atomic E-state index is -0.528. The summed E-state index contributed by atoms with van der Waals surface area (Å²) in [4.78, 5) is 47.2. The molecule has 0 aliphatic carbocycles. The molecule has 1 aromatic heterocycles. The first kappa shape index (κ1) is 22.6. The molecule has 1 fully saturated rings. The maximum Gasteiger partial charge on any atom is 0.266 e. The lowest BCUT2D eigenvalue weighted by Gasteiger charge is -2.32. The second-order valence-electron chi connectivity index (χ2n) is 8.49. The summed E-state index contributed by atoms with van der Waals surface area (Å²) in [6, 6.07) is 12.0. The number of aliphatic hydroxyl groups excluding tert-OH is 1. The minimum absolute atomic E-state index is 0.116. The molecule has 9 heteroatoms. The normalized spacial score (nSPS) is 17.2. The predicted molar refractivity (Wildman–Crippen MR) is 124 cm³/mol. The molecule has 4 rings (SSSR count). The van der Waals surface area contributed by atoms with Crippen LogP contribution in [0, 0.1) is 0 Å². The quantitative estimate of drug-likeness (QED) is 0.489. The zero-order valence-electron chi connectivity index (χ0n) is 18.4. The molecular formula is C24H27N5O4. The number of aromatic amines is 1. The molecule has 0 spiro atoms. The number of nitrogens with zero attached hydrogens (tertiary/aromatic N) is 3. The molecule has 33 heavy (non-hydrogen) atoms. The van der Waals surface area contributed by atoms with Crippen molar-refractivity contribution < 1.29 is 14.7 Å². The summed E-state index contributed by atoms with van der Waals surface area (Å²) in [6.07, 6.45) is 1.67. The van der Waals surface area contributed by atoms with Crippen molar-refractivity contribution in [3.63, 3.8) is 0 Å². The maximum atomic E-state index is 13.3. The maximum absolute atomic E-state index is 13.3. The highest BCUT2D eigenvalue weighted by Crippen LogP contribution is 2.25. The monoisotopic (exact) mass is 449 g/mol. The molecule has 2 heterocycles. The van der Waals surface area contributed by atoms with Gasteiger partial charge in [-0.3, -0.25) is 19.3 Å². The molecular weight excluding hydrogens is 422 g/mol. The number of H-pyrrole nitrogens is 1. The number of nitrogens with one attached hydrogen (secondary N) is 1. The Morgan fingerprint density at radius 2 is 2.12 bits per heavy atom. The molecule has 3 aromatic rings. The van der Waals surface area contributed by atoms with E-state index in [0.29, 0.717) is 36.1 Å². The number of amides is 2. The number of likely N-dealkylation sites (tertiary alicyclic amines) is 1. The smallest absolute Gasteiger partial charge is 0.266 e. The summed E-state index contributed by atoms with van der Waals surface area (Å²) in [7, 11) is 1.74. The summed E-state index contributed by atoms with van der Waals surface area (Å²) in [5, 5.41) is 9.93. The van der Waals surface area contributed by atoms with Crippen LogP contribution in [0.25, 0.3) is 11.0 Å². The molecule has 2 atom stereocenters. The Morgan fingerprint density at radius 1 is 1.30 bits per heavy atom. The Labute approximate surface area is 190 Å². The molecule has 0 saturated carbocycles.